The summed E-state index contributed by atoms with van der Waals surface area (Å²) in [6.07, 6.45) is -10.8. The molecule has 6 rings (SSSR count). The van der Waals surface area contributed by atoms with Crippen molar-refractivity contribution in [3.63, 3.8) is 0 Å². The number of nitrogens with zero attached hydrogens (tertiary/aromatic N) is 7. The Bertz CT molecular complexity index is 1770. The number of nitrogen functional groups attached to an aromatic ring is 2. The van der Waals surface area contributed by atoms with Crippen LogP contribution in [0.4, 0.5) is 16.2 Å². The number of H-pyrrole nitrogens is 1. The number of fused-ring (bicyclic) bond motifs is 2. The molecule has 22 heteroatoms. The number of hydrogen-bond acceptors (Lipinski definition) is 16. The highest BCUT2D eigenvalue weighted by atomic mass is 31.2. The van der Waals surface area contributed by atoms with Gasteiger partial charge >= 0.3 is 7.82 Å². The van der Waals surface area contributed by atoms with E-state index < -0.39 is 75.2 Å². The summed E-state index contributed by atoms with van der Waals surface area (Å²) in [5.41, 5.74) is 10.8. The van der Waals surface area contributed by atoms with Crippen LogP contribution in [-0.4, -0.2) is 109 Å². The molecular weight excluding hydrogens is 602 g/mol. The maximum absolute atomic E-state index is 15.3. The average Bonchev–Trinajstić information content (AvgIpc) is 3.70. The van der Waals surface area contributed by atoms with E-state index in [1.807, 2.05) is 0 Å². The van der Waals surface area contributed by atoms with Gasteiger partial charge in [-0.2, -0.15) is 4.98 Å². The van der Waals surface area contributed by atoms with E-state index in [1.165, 1.54) is 24.1 Å². The molecule has 0 bridgehead atoms. The highest BCUT2D eigenvalue weighted by Crippen LogP contribution is 2.52. The topological polar surface area (TPSA) is 294 Å². The van der Waals surface area contributed by atoms with Crippen LogP contribution in [-0.2, 0) is 23.1 Å². The Labute approximate surface area is 238 Å². The molecule has 20 nitrogen and oxygen atoms in total. The number of ether oxygens (including phenoxy) is 2. The van der Waals surface area contributed by atoms with Gasteiger partial charge in [0, 0.05) is 0 Å². The van der Waals surface area contributed by atoms with E-state index in [4.69, 9.17) is 30.0 Å². The van der Waals surface area contributed by atoms with Gasteiger partial charge in [-0.1, -0.05) is 0 Å². The molecule has 0 radical (unpaired) electrons. The molecule has 0 amide bonds. The molecule has 0 spiro atoms. The Hall–Kier alpha value is -3.66. The van der Waals surface area contributed by atoms with E-state index in [2.05, 4.69) is 29.9 Å². The van der Waals surface area contributed by atoms with Crippen LogP contribution in [0.15, 0.2) is 23.8 Å². The third-order valence-corrected chi connectivity index (χ3v) is 8.23. The largest absolute Gasteiger partial charge is 0.473 e. The summed E-state index contributed by atoms with van der Waals surface area (Å²) in [5.74, 6) is -0.215. The molecule has 0 saturated carbocycles. The third-order valence-electron chi connectivity index (χ3n) is 7.12. The Balaban J connectivity index is 1.22. The zero-order chi connectivity index (χ0) is 30.8. The number of nitrogens with two attached hydrogens (primary N) is 2. The molecule has 9 N–H and O–H groups in total. The summed E-state index contributed by atoms with van der Waals surface area (Å²) in [7, 11) is -5.19. The number of aliphatic hydroxyl groups excluding tert-OH is 3. The first-order chi connectivity index (χ1) is 20.4. The molecule has 1 unspecified atom stereocenters. The van der Waals surface area contributed by atoms with Crippen molar-refractivity contribution < 1.29 is 47.7 Å². The lowest BCUT2D eigenvalue weighted by Gasteiger charge is -2.27. The molecule has 2 saturated heterocycles. The fourth-order valence-electron chi connectivity index (χ4n) is 5.12. The number of nitrogens with one attached hydrogen (secondary N) is 1. The smallest absolute Gasteiger partial charge is 0.394 e. The van der Waals surface area contributed by atoms with Crippen LogP contribution in [0.2, 0.25) is 0 Å². The van der Waals surface area contributed by atoms with Crippen LogP contribution < -0.4 is 17.0 Å². The van der Waals surface area contributed by atoms with Gasteiger partial charge in [0.05, 0.1) is 25.4 Å². The standard InChI is InChI=1S/C21H26FN10O10P/c1-6(13-11(34)12(35)19(40-13)31-4-27-9-15(23)25-3-26-16(9)31)41-43(37,38)42-14-8(22)7(2-33)39-20(14)32-5-28-10-17(32)29-21(24)30-18(10)36/h3-8,11-14,19-20,33-35H,2H2,1H3,(H,37,38)(H2,23,25,26)(H3,24,29,30,36)/t6-,7+,8+,11-,12+,13+,14+,19+,20+/m0/s1. The second-order valence-corrected chi connectivity index (χ2v) is 11.2. The Morgan fingerprint density at radius 3 is 2.51 bits per heavy atom. The molecule has 0 aliphatic carbocycles. The lowest BCUT2D eigenvalue weighted by molar-refractivity contribution is -0.0839. The second kappa shape index (κ2) is 10.8. The number of aromatic nitrogens is 8. The summed E-state index contributed by atoms with van der Waals surface area (Å²) < 4.78 is 52.5. The number of hydrogen-bond donors (Lipinski definition) is 7. The first-order valence-electron chi connectivity index (χ1n) is 12.7. The van der Waals surface area contributed by atoms with Crippen LogP contribution in [0.1, 0.15) is 19.4 Å². The molecule has 4 aromatic rings. The van der Waals surface area contributed by atoms with Crippen LogP contribution in [0.5, 0.6) is 0 Å². The number of aliphatic hydroxyl groups is 3. The number of halogens is 1. The van der Waals surface area contributed by atoms with Crippen molar-refractivity contribution >= 4 is 41.9 Å². The maximum Gasteiger partial charge on any atom is 0.473 e. The normalized spacial score (nSPS) is 31.6. The number of anilines is 2. The Morgan fingerprint density at radius 2 is 1.79 bits per heavy atom. The number of imidazole rings is 2. The fourth-order valence-corrected chi connectivity index (χ4v) is 6.23. The minimum absolute atomic E-state index is 0.0712. The van der Waals surface area contributed by atoms with Gasteiger partial charge in [0.2, 0.25) is 5.95 Å². The van der Waals surface area contributed by atoms with Gasteiger partial charge in [-0.3, -0.25) is 28.0 Å². The van der Waals surface area contributed by atoms with Crippen molar-refractivity contribution in [2.24, 2.45) is 0 Å². The minimum Gasteiger partial charge on any atom is -0.394 e. The van der Waals surface area contributed by atoms with Crippen molar-refractivity contribution in [3.05, 3.63) is 29.3 Å². The van der Waals surface area contributed by atoms with E-state index in [0.29, 0.717) is 0 Å². The molecule has 2 aliphatic heterocycles. The number of phosphoric acid groups is 1. The predicted octanol–water partition coefficient (Wildman–Crippen LogP) is -2.14. The molecule has 10 atom stereocenters. The van der Waals surface area contributed by atoms with E-state index in [-0.39, 0.29) is 34.1 Å². The average molecular weight is 628 g/mol. The maximum atomic E-state index is 15.3. The van der Waals surface area contributed by atoms with Gasteiger partial charge in [0.15, 0.2) is 41.3 Å². The van der Waals surface area contributed by atoms with Crippen molar-refractivity contribution in [2.75, 3.05) is 18.1 Å². The van der Waals surface area contributed by atoms with Gasteiger partial charge in [-0.25, -0.2) is 28.9 Å². The molecule has 4 aromatic heterocycles. The SMILES string of the molecule is C[C@H](OP(=O)(O)O[C@@H]1[C@H](F)[C@@H](CO)O[C@H]1n1cnc2c(=O)[nH]c(N)nc21)[C@H]1O[C@@H](n2cnc3c(N)ncnc32)[C@H](O)[C@@H]1O. The van der Waals surface area contributed by atoms with Gasteiger partial charge in [0.25, 0.3) is 5.56 Å². The monoisotopic (exact) mass is 628 g/mol. The van der Waals surface area contributed by atoms with E-state index >= 15 is 4.39 Å². The summed E-state index contributed by atoms with van der Waals surface area (Å²) in [6.45, 7) is 0.435. The lowest BCUT2D eigenvalue weighted by atomic mass is 10.1. The summed E-state index contributed by atoms with van der Waals surface area (Å²) in [4.78, 5) is 44.9. The first-order valence-corrected chi connectivity index (χ1v) is 14.2. The quantitative estimate of drug-likeness (QED) is 0.102. The van der Waals surface area contributed by atoms with Crippen LogP contribution in [0.3, 0.4) is 0 Å². The van der Waals surface area contributed by atoms with Gasteiger partial charge in [-0.15, -0.1) is 0 Å². The summed E-state index contributed by atoms with van der Waals surface area (Å²) in [5, 5.41) is 31.0. The van der Waals surface area contributed by atoms with Crippen molar-refractivity contribution in [1.29, 1.82) is 0 Å². The molecular formula is C21H26FN10O10P. The molecule has 0 aromatic carbocycles. The fraction of sp³-hybridized carbons (Fsp3) is 0.524. The second-order valence-electron chi connectivity index (χ2n) is 9.87. The van der Waals surface area contributed by atoms with Crippen LogP contribution in [0.25, 0.3) is 22.3 Å². The highest BCUT2D eigenvalue weighted by molar-refractivity contribution is 7.47. The van der Waals surface area contributed by atoms with Crippen molar-refractivity contribution in [3.8, 4) is 0 Å². The highest BCUT2D eigenvalue weighted by Gasteiger charge is 2.52. The van der Waals surface area contributed by atoms with E-state index in [1.54, 1.807) is 0 Å². The first kappa shape index (κ1) is 29.4. The van der Waals surface area contributed by atoms with Crippen molar-refractivity contribution in [2.45, 2.75) is 62.2 Å². The molecule has 43 heavy (non-hydrogen) atoms. The number of aromatic amines is 1. The summed E-state index contributed by atoms with van der Waals surface area (Å²) >= 11 is 0. The predicted molar refractivity (Wildman–Crippen MR) is 139 cm³/mol. The summed E-state index contributed by atoms with van der Waals surface area (Å²) in [6, 6.07) is 0. The van der Waals surface area contributed by atoms with Crippen molar-refractivity contribution in [1.82, 2.24) is 39.0 Å². The molecule has 2 aliphatic rings. The Kier molecular flexibility index (Phi) is 7.39. The zero-order valence-electron chi connectivity index (χ0n) is 22.0. The molecule has 6 heterocycles. The van der Waals surface area contributed by atoms with Gasteiger partial charge < -0.3 is 41.2 Å². The van der Waals surface area contributed by atoms with Gasteiger partial charge in [0.1, 0.15) is 42.4 Å². The number of alkyl halides is 1. The van der Waals surface area contributed by atoms with E-state index in [9.17, 15) is 29.6 Å². The molecule has 232 valence electrons. The minimum atomic E-state index is -5.19. The van der Waals surface area contributed by atoms with E-state index in [0.717, 1.165) is 10.9 Å². The lowest BCUT2D eigenvalue weighted by Crippen LogP contribution is -2.38. The number of rotatable bonds is 8. The van der Waals surface area contributed by atoms with Crippen LogP contribution >= 0.6 is 7.82 Å². The van der Waals surface area contributed by atoms with Gasteiger partial charge in [-0.05, 0) is 6.92 Å². The van der Waals surface area contributed by atoms with Crippen LogP contribution in [0, 0.1) is 0 Å². The molecule has 2 fully saturated rings. The third kappa shape index (κ3) is 5.03. The Morgan fingerprint density at radius 1 is 1.09 bits per heavy atom. The number of phosphoric ester groups is 1. The zero-order valence-corrected chi connectivity index (χ0v) is 22.9.